The van der Waals surface area contributed by atoms with E-state index in [1.54, 1.807) is 4.80 Å². The molecule has 0 N–H and O–H groups in total. The number of benzene rings is 3. The molecule has 0 spiro atoms. The molecule has 3 heteroatoms. The monoisotopic (exact) mass is 327 g/mol. The van der Waals surface area contributed by atoms with Gasteiger partial charge in [-0.2, -0.15) is 15.0 Å². The lowest BCUT2D eigenvalue weighted by Crippen LogP contribution is -1.98. The third-order valence-electron chi connectivity index (χ3n) is 4.77. The van der Waals surface area contributed by atoms with Crippen LogP contribution in [-0.4, -0.2) is 15.0 Å². The number of fused-ring (bicyclic) bond motifs is 1. The van der Waals surface area contributed by atoms with E-state index in [1.807, 2.05) is 13.1 Å². The molecule has 0 fully saturated rings. The normalized spacial score (nSPS) is 11.2. The molecule has 25 heavy (non-hydrogen) atoms. The van der Waals surface area contributed by atoms with Crippen LogP contribution in [0, 0.1) is 6.92 Å². The van der Waals surface area contributed by atoms with Crippen molar-refractivity contribution in [2.24, 2.45) is 7.05 Å². The van der Waals surface area contributed by atoms with E-state index in [4.69, 9.17) is 10.2 Å². The fourth-order valence-corrected chi connectivity index (χ4v) is 3.72. The Morgan fingerprint density at radius 1 is 0.760 bits per heavy atom. The first-order valence-electron chi connectivity index (χ1n) is 8.68. The molecule has 0 aliphatic carbocycles. The van der Waals surface area contributed by atoms with Crippen LogP contribution in [0.15, 0.2) is 60.7 Å². The van der Waals surface area contributed by atoms with E-state index in [9.17, 15) is 0 Å². The second-order valence-corrected chi connectivity index (χ2v) is 6.33. The summed E-state index contributed by atoms with van der Waals surface area (Å²) in [6.07, 6.45) is 0.926. The molecule has 3 aromatic carbocycles. The molecule has 3 nitrogen and oxygen atoms in total. The standard InChI is InChI=1S/C22H21N3/c1-4-18-19(16-11-7-5-8-12-16)15(2)20(17-13-9-6-10-14-17)22-21(18)23-25(3)24-22/h5-14H,4H2,1-3H3. The van der Waals surface area contributed by atoms with Crippen LogP contribution in [0.4, 0.5) is 0 Å². The third-order valence-corrected chi connectivity index (χ3v) is 4.77. The second kappa shape index (κ2) is 6.17. The maximum absolute atomic E-state index is 4.70. The highest BCUT2D eigenvalue weighted by atomic mass is 15.4. The lowest BCUT2D eigenvalue weighted by atomic mass is 9.86. The molecular formula is C22H21N3. The lowest BCUT2D eigenvalue weighted by molar-refractivity contribution is 0.665. The summed E-state index contributed by atoms with van der Waals surface area (Å²) < 4.78 is 0. The molecule has 0 saturated heterocycles. The first-order chi connectivity index (χ1) is 12.2. The molecule has 0 aliphatic rings. The van der Waals surface area contributed by atoms with E-state index in [1.165, 1.54) is 33.4 Å². The molecule has 0 aliphatic heterocycles. The minimum absolute atomic E-state index is 0.926. The Morgan fingerprint density at radius 3 is 1.84 bits per heavy atom. The van der Waals surface area contributed by atoms with Crippen LogP contribution in [0.1, 0.15) is 18.1 Å². The second-order valence-electron chi connectivity index (χ2n) is 6.33. The first kappa shape index (κ1) is 15.6. The minimum atomic E-state index is 0.926. The quantitative estimate of drug-likeness (QED) is 0.519. The van der Waals surface area contributed by atoms with Crippen LogP contribution in [0.25, 0.3) is 33.3 Å². The van der Waals surface area contributed by atoms with Crippen LogP contribution < -0.4 is 0 Å². The van der Waals surface area contributed by atoms with Crippen molar-refractivity contribution in [3.8, 4) is 22.3 Å². The van der Waals surface area contributed by atoms with Gasteiger partial charge in [0.05, 0.1) is 0 Å². The van der Waals surface area contributed by atoms with Crippen molar-refractivity contribution < 1.29 is 0 Å². The summed E-state index contributed by atoms with van der Waals surface area (Å²) in [5, 5.41) is 9.40. The average molecular weight is 327 g/mol. The van der Waals surface area contributed by atoms with Crippen LogP contribution in [0.3, 0.4) is 0 Å². The summed E-state index contributed by atoms with van der Waals surface area (Å²) in [5.74, 6) is 0. The average Bonchev–Trinajstić information content (AvgIpc) is 3.02. The van der Waals surface area contributed by atoms with E-state index in [2.05, 4.69) is 68.4 Å². The molecule has 4 rings (SSSR count). The minimum Gasteiger partial charge on any atom is -0.187 e. The number of aromatic nitrogens is 3. The van der Waals surface area contributed by atoms with Crippen molar-refractivity contribution in [1.29, 1.82) is 0 Å². The summed E-state index contributed by atoms with van der Waals surface area (Å²) in [4.78, 5) is 1.68. The number of hydrogen-bond donors (Lipinski definition) is 0. The number of nitrogens with zero attached hydrogens (tertiary/aromatic N) is 3. The van der Waals surface area contributed by atoms with Crippen molar-refractivity contribution in [2.45, 2.75) is 20.3 Å². The van der Waals surface area contributed by atoms with Gasteiger partial charge in [0, 0.05) is 12.6 Å². The van der Waals surface area contributed by atoms with Crippen molar-refractivity contribution in [2.75, 3.05) is 0 Å². The van der Waals surface area contributed by atoms with Crippen molar-refractivity contribution in [3.05, 3.63) is 71.8 Å². The zero-order valence-corrected chi connectivity index (χ0v) is 14.8. The van der Waals surface area contributed by atoms with Gasteiger partial charge >= 0.3 is 0 Å². The van der Waals surface area contributed by atoms with Crippen LogP contribution in [-0.2, 0) is 13.5 Å². The highest BCUT2D eigenvalue weighted by Gasteiger charge is 2.21. The summed E-state index contributed by atoms with van der Waals surface area (Å²) in [7, 11) is 1.89. The molecule has 0 amide bonds. The predicted molar refractivity (Wildman–Crippen MR) is 103 cm³/mol. The molecule has 0 saturated carbocycles. The Bertz CT molecular complexity index is 1030. The Morgan fingerprint density at radius 2 is 1.28 bits per heavy atom. The largest absolute Gasteiger partial charge is 0.187 e. The predicted octanol–water partition coefficient (Wildman–Crippen LogP) is 5.17. The van der Waals surface area contributed by atoms with Crippen molar-refractivity contribution in [3.63, 3.8) is 0 Å². The highest BCUT2D eigenvalue weighted by molar-refractivity contribution is 6.01. The van der Waals surface area contributed by atoms with E-state index in [-0.39, 0.29) is 0 Å². The zero-order chi connectivity index (χ0) is 17.4. The van der Waals surface area contributed by atoms with Crippen LogP contribution in [0.5, 0.6) is 0 Å². The number of hydrogen-bond acceptors (Lipinski definition) is 2. The van der Waals surface area contributed by atoms with Gasteiger partial charge in [0.1, 0.15) is 11.0 Å². The van der Waals surface area contributed by atoms with Gasteiger partial charge < -0.3 is 0 Å². The fraction of sp³-hybridized carbons (Fsp3) is 0.182. The van der Waals surface area contributed by atoms with E-state index < -0.39 is 0 Å². The Kier molecular flexibility index (Phi) is 3.85. The highest BCUT2D eigenvalue weighted by Crippen LogP contribution is 2.40. The Labute approximate surface area is 147 Å². The SMILES string of the molecule is CCc1c(-c2ccccc2)c(C)c(-c2ccccc2)c2nn(C)nc12. The van der Waals surface area contributed by atoms with Crippen molar-refractivity contribution >= 4 is 11.0 Å². The van der Waals surface area contributed by atoms with Crippen LogP contribution >= 0.6 is 0 Å². The Hall–Kier alpha value is -2.94. The molecule has 0 bridgehead atoms. The van der Waals surface area contributed by atoms with Gasteiger partial charge in [-0.1, -0.05) is 67.6 Å². The zero-order valence-electron chi connectivity index (χ0n) is 14.8. The van der Waals surface area contributed by atoms with Gasteiger partial charge in [0.15, 0.2) is 0 Å². The van der Waals surface area contributed by atoms with Gasteiger partial charge in [0.2, 0.25) is 0 Å². The summed E-state index contributed by atoms with van der Waals surface area (Å²) in [6.45, 7) is 4.40. The third kappa shape index (κ3) is 2.52. The van der Waals surface area contributed by atoms with Gasteiger partial charge in [-0.3, -0.25) is 0 Å². The summed E-state index contributed by atoms with van der Waals surface area (Å²) >= 11 is 0. The first-order valence-corrected chi connectivity index (χ1v) is 8.68. The molecule has 0 radical (unpaired) electrons. The van der Waals surface area contributed by atoms with Gasteiger partial charge in [-0.25, -0.2) is 0 Å². The number of aryl methyl sites for hydroxylation is 2. The van der Waals surface area contributed by atoms with Crippen molar-refractivity contribution in [1.82, 2.24) is 15.0 Å². The summed E-state index contributed by atoms with van der Waals surface area (Å²) in [6, 6.07) is 21.1. The number of rotatable bonds is 3. The van der Waals surface area contributed by atoms with Gasteiger partial charge in [-0.15, -0.1) is 0 Å². The molecular weight excluding hydrogens is 306 g/mol. The summed E-state index contributed by atoms with van der Waals surface area (Å²) in [5.41, 5.74) is 9.42. The smallest absolute Gasteiger partial charge is 0.121 e. The maximum atomic E-state index is 4.70. The molecule has 4 aromatic rings. The lowest BCUT2D eigenvalue weighted by Gasteiger charge is -2.17. The molecule has 1 heterocycles. The maximum Gasteiger partial charge on any atom is 0.121 e. The van der Waals surface area contributed by atoms with Crippen LogP contribution in [0.2, 0.25) is 0 Å². The van der Waals surface area contributed by atoms with Gasteiger partial charge in [-0.05, 0) is 41.2 Å². The van der Waals surface area contributed by atoms with E-state index in [0.29, 0.717) is 0 Å². The topological polar surface area (TPSA) is 30.7 Å². The van der Waals surface area contributed by atoms with E-state index >= 15 is 0 Å². The molecule has 124 valence electrons. The Balaban J connectivity index is 2.17. The van der Waals surface area contributed by atoms with Gasteiger partial charge in [0.25, 0.3) is 0 Å². The molecule has 0 atom stereocenters. The van der Waals surface area contributed by atoms with E-state index in [0.717, 1.165) is 17.5 Å². The molecule has 1 aromatic heterocycles. The molecule has 0 unspecified atom stereocenters. The fourth-order valence-electron chi connectivity index (χ4n) is 3.72.